The second-order valence-electron chi connectivity index (χ2n) is 3.09. The Hall–Kier alpha value is -0.650. The molecule has 1 amide bonds. The minimum atomic E-state index is -0.0322. The fraction of sp³-hybridized carbons (Fsp3) is 0.600. The summed E-state index contributed by atoms with van der Waals surface area (Å²) in [6.45, 7) is 3.68. The molecule has 0 unspecified atom stereocenters. The lowest BCUT2D eigenvalue weighted by Gasteiger charge is -2.03. The predicted molar refractivity (Wildman–Crippen MR) is 64.9 cm³/mol. The number of carbonyl (C=O) groups is 1. The molecule has 0 atom stereocenters. The summed E-state index contributed by atoms with van der Waals surface area (Å²) in [7, 11) is 0. The summed E-state index contributed by atoms with van der Waals surface area (Å²) in [5, 5.41) is 5.43. The van der Waals surface area contributed by atoms with Gasteiger partial charge in [0.05, 0.1) is 24.6 Å². The highest BCUT2D eigenvalue weighted by molar-refractivity contribution is 7.09. The first kappa shape index (κ1) is 13.4. The zero-order valence-electron chi connectivity index (χ0n) is 9.16. The molecule has 1 aromatic rings. The lowest BCUT2D eigenvalue weighted by Crippen LogP contribution is -2.28. The molecule has 1 N–H and O–H groups in total. The average Bonchev–Trinajstić information content (AvgIpc) is 2.72. The Kier molecular flexibility index (Phi) is 6.37. The van der Waals surface area contributed by atoms with Crippen LogP contribution >= 0.6 is 22.9 Å². The quantitative estimate of drug-likeness (QED) is 0.600. The first-order valence-corrected chi connectivity index (χ1v) is 6.51. The number of hydrogen-bond acceptors (Lipinski definition) is 4. The van der Waals surface area contributed by atoms with Crippen molar-refractivity contribution in [3.05, 3.63) is 16.1 Å². The molecule has 0 aliphatic carbocycles. The Morgan fingerprint density at radius 3 is 3.12 bits per heavy atom. The van der Waals surface area contributed by atoms with E-state index >= 15 is 0 Å². The molecule has 0 bridgehead atoms. The molecule has 90 valence electrons. The first-order chi connectivity index (χ1) is 7.76. The van der Waals surface area contributed by atoms with Gasteiger partial charge in [0.15, 0.2) is 0 Å². The van der Waals surface area contributed by atoms with Crippen molar-refractivity contribution in [2.75, 3.05) is 19.8 Å². The summed E-state index contributed by atoms with van der Waals surface area (Å²) in [6, 6.07) is 0. The standard InChI is InChI=1S/C10H15ClN2O2S/c1-2-15-4-3-12-9(14)5-10-13-8(6-11)7-16-10/h7H,2-6H2,1H3,(H,12,14). The number of nitrogens with one attached hydrogen (secondary N) is 1. The summed E-state index contributed by atoms with van der Waals surface area (Å²) in [5.41, 5.74) is 0.823. The Balaban J connectivity index is 2.23. The smallest absolute Gasteiger partial charge is 0.226 e. The van der Waals surface area contributed by atoms with Gasteiger partial charge < -0.3 is 10.1 Å². The molecule has 1 aromatic heterocycles. The van der Waals surface area contributed by atoms with Crippen molar-refractivity contribution in [2.45, 2.75) is 19.2 Å². The van der Waals surface area contributed by atoms with Crippen LogP contribution in [-0.4, -0.2) is 30.6 Å². The molecule has 0 spiro atoms. The van der Waals surface area contributed by atoms with Gasteiger partial charge in [0.2, 0.25) is 5.91 Å². The van der Waals surface area contributed by atoms with Gasteiger partial charge in [-0.1, -0.05) is 0 Å². The second-order valence-corrected chi connectivity index (χ2v) is 4.30. The molecule has 0 aliphatic heterocycles. The van der Waals surface area contributed by atoms with Crippen LogP contribution in [0.5, 0.6) is 0 Å². The van der Waals surface area contributed by atoms with Gasteiger partial charge in [-0.15, -0.1) is 22.9 Å². The number of hydrogen-bond donors (Lipinski definition) is 1. The minimum absolute atomic E-state index is 0.0322. The number of alkyl halides is 1. The van der Waals surface area contributed by atoms with Crippen molar-refractivity contribution in [1.29, 1.82) is 0 Å². The molecule has 1 rings (SSSR count). The Morgan fingerprint density at radius 1 is 1.69 bits per heavy atom. The van der Waals surface area contributed by atoms with Gasteiger partial charge in [-0.2, -0.15) is 0 Å². The second kappa shape index (κ2) is 7.60. The van der Waals surface area contributed by atoms with Gasteiger partial charge in [0.1, 0.15) is 5.01 Å². The SMILES string of the molecule is CCOCCNC(=O)Cc1nc(CCl)cs1. The van der Waals surface area contributed by atoms with Crippen molar-refractivity contribution >= 4 is 28.8 Å². The van der Waals surface area contributed by atoms with Gasteiger partial charge >= 0.3 is 0 Å². The molecule has 0 radical (unpaired) electrons. The van der Waals surface area contributed by atoms with Crippen LogP contribution in [-0.2, 0) is 21.8 Å². The van der Waals surface area contributed by atoms with Crippen molar-refractivity contribution in [1.82, 2.24) is 10.3 Å². The third kappa shape index (κ3) is 4.92. The topological polar surface area (TPSA) is 51.2 Å². The first-order valence-electron chi connectivity index (χ1n) is 5.10. The molecule has 0 aromatic carbocycles. The highest BCUT2D eigenvalue weighted by Gasteiger charge is 2.06. The lowest BCUT2D eigenvalue weighted by molar-refractivity contribution is -0.120. The highest BCUT2D eigenvalue weighted by atomic mass is 35.5. The van der Waals surface area contributed by atoms with E-state index in [1.807, 2.05) is 12.3 Å². The van der Waals surface area contributed by atoms with E-state index in [0.29, 0.717) is 32.1 Å². The molecule has 1 heterocycles. The highest BCUT2D eigenvalue weighted by Crippen LogP contribution is 2.11. The van der Waals surface area contributed by atoms with Crippen molar-refractivity contribution < 1.29 is 9.53 Å². The monoisotopic (exact) mass is 262 g/mol. The molecule has 6 heteroatoms. The summed E-state index contributed by atoms with van der Waals surface area (Å²) in [6.07, 6.45) is 0.313. The van der Waals surface area contributed by atoms with Crippen molar-refractivity contribution in [2.24, 2.45) is 0 Å². The summed E-state index contributed by atoms with van der Waals surface area (Å²) in [4.78, 5) is 15.6. The largest absolute Gasteiger partial charge is 0.380 e. The fourth-order valence-corrected chi connectivity index (χ4v) is 2.12. The van der Waals surface area contributed by atoms with E-state index in [2.05, 4.69) is 10.3 Å². The number of nitrogens with zero attached hydrogens (tertiary/aromatic N) is 1. The van der Waals surface area contributed by atoms with Crippen LogP contribution in [0.3, 0.4) is 0 Å². The molecular weight excluding hydrogens is 248 g/mol. The van der Waals surface area contributed by atoms with E-state index in [1.54, 1.807) is 0 Å². The molecule has 16 heavy (non-hydrogen) atoms. The van der Waals surface area contributed by atoms with E-state index in [0.717, 1.165) is 10.7 Å². The number of amides is 1. The van der Waals surface area contributed by atoms with Crippen LogP contribution in [0.15, 0.2) is 5.38 Å². The third-order valence-corrected chi connectivity index (χ3v) is 2.99. The average molecular weight is 263 g/mol. The Labute approximate surface area is 104 Å². The van der Waals surface area contributed by atoms with Crippen LogP contribution in [0.1, 0.15) is 17.6 Å². The number of carbonyl (C=O) groups excluding carboxylic acids is 1. The number of rotatable bonds is 7. The van der Waals surface area contributed by atoms with E-state index in [9.17, 15) is 4.79 Å². The minimum Gasteiger partial charge on any atom is -0.380 e. The van der Waals surface area contributed by atoms with Gasteiger partial charge in [0.25, 0.3) is 0 Å². The van der Waals surface area contributed by atoms with Gasteiger partial charge in [-0.25, -0.2) is 4.98 Å². The van der Waals surface area contributed by atoms with Crippen molar-refractivity contribution in [3.63, 3.8) is 0 Å². The molecule has 0 saturated carbocycles. The molecule has 4 nitrogen and oxygen atoms in total. The van der Waals surface area contributed by atoms with E-state index in [4.69, 9.17) is 16.3 Å². The van der Waals surface area contributed by atoms with Crippen LogP contribution in [0.2, 0.25) is 0 Å². The zero-order chi connectivity index (χ0) is 11.8. The number of aromatic nitrogens is 1. The van der Waals surface area contributed by atoms with Crippen molar-refractivity contribution in [3.8, 4) is 0 Å². The van der Waals surface area contributed by atoms with Crippen LogP contribution in [0, 0.1) is 0 Å². The molecule has 0 fully saturated rings. The van der Waals surface area contributed by atoms with Crippen LogP contribution in [0.4, 0.5) is 0 Å². The van der Waals surface area contributed by atoms with E-state index in [1.165, 1.54) is 11.3 Å². The lowest BCUT2D eigenvalue weighted by atomic mass is 10.4. The number of thiazole rings is 1. The molecular formula is C10H15ClN2O2S. The maximum Gasteiger partial charge on any atom is 0.226 e. The number of halogens is 1. The van der Waals surface area contributed by atoms with Gasteiger partial charge in [-0.3, -0.25) is 4.79 Å². The van der Waals surface area contributed by atoms with Gasteiger partial charge in [-0.05, 0) is 6.92 Å². The van der Waals surface area contributed by atoms with Crippen LogP contribution < -0.4 is 5.32 Å². The van der Waals surface area contributed by atoms with Gasteiger partial charge in [0, 0.05) is 18.5 Å². The van der Waals surface area contributed by atoms with E-state index in [-0.39, 0.29) is 5.91 Å². The predicted octanol–water partition coefficient (Wildman–Crippen LogP) is 1.58. The summed E-state index contributed by atoms with van der Waals surface area (Å²) in [5.74, 6) is 0.359. The van der Waals surface area contributed by atoms with Crippen LogP contribution in [0.25, 0.3) is 0 Å². The molecule has 0 saturated heterocycles. The summed E-state index contributed by atoms with van der Waals surface area (Å²) >= 11 is 7.08. The normalized spacial score (nSPS) is 10.4. The molecule has 0 aliphatic rings. The summed E-state index contributed by atoms with van der Waals surface area (Å²) < 4.78 is 5.11. The third-order valence-electron chi connectivity index (χ3n) is 1.82. The maximum absolute atomic E-state index is 11.4. The Bertz CT molecular complexity index is 330. The maximum atomic E-state index is 11.4. The Morgan fingerprint density at radius 2 is 2.50 bits per heavy atom. The fourth-order valence-electron chi connectivity index (χ4n) is 1.10. The van der Waals surface area contributed by atoms with E-state index < -0.39 is 0 Å². The zero-order valence-corrected chi connectivity index (χ0v) is 10.7. The number of ether oxygens (including phenoxy) is 1.